The van der Waals surface area contributed by atoms with E-state index in [2.05, 4.69) is 79.1 Å². The van der Waals surface area contributed by atoms with Crippen molar-refractivity contribution in [3.8, 4) is 0 Å². The molecule has 2 aromatic carbocycles. The first kappa shape index (κ1) is 44.4. The van der Waals surface area contributed by atoms with Crippen molar-refractivity contribution in [1.82, 2.24) is 48.8 Å². The SMILES string of the molecule is NCc1ncn2ccc(Cl)c(F)c12.O=C(CCc1ncn2ccc(Cl)c(F)c12)c1cn(Cc2cc3ccc(C4CC4)cc3s2)nn1.O=C(O)c1cn(Cc2cc3ccc(C4CC4)cc3s2)nn1. The quantitative estimate of drug-likeness (QED) is 0.112. The smallest absolute Gasteiger partial charge is 0.358 e. The molecule has 10 aromatic rings. The summed E-state index contributed by atoms with van der Waals surface area (Å²) in [7, 11) is 0. The highest BCUT2D eigenvalue weighted by atomic mass is 35.5. The van der Waals surface area contributed by atoms with E-state index in [4.69, 9.17) is 34.0 Å². The molecule has 0 atom stereocenters. The molecule has 0 bridgehead atoms. The van der Waals surface area contributed by atoms with Gasteiger partial charge >= 0.3 is 5.97 Å². The van der Waals surface area contributed by atoms with Crippen LogP contribution in [0, 0.1) is 11.6 Å². The Labute approximate surface area is 398 Å². The molecule has 0 radical (unpaired) electrons. The summed E-state index contributed by atoms with van der Waals surface area (Å²) in [5, 5.41) is 27.1. The van der Waals surface area contributed by atoms with Crippen LogP contribution in [0.4, 0.5) is 8.78 Å². The lowest BCUT2D eigenvalue weighted by Gasteiger charge is -2.01. The molecule has 0 amide bonds. The van der Waals surface area contributed by atoms with E-state index in [1.807, 2.05) is 0 Å². The number of imidazole rings is 2. The van der Waals surface area contributed by atoms with Gasteiger partial charge in [-0.25, -0.2) is 32.9 Å². The summed E-state index contributed by atoms with van der Waals surface area (Å²) in [6.45, 7) is 1.32. The number of rotatable bonds is 12. The Bertz CT molecular complexity index is 3480. The van der Waals surface area contributed by atoms with Crippen LogP contribution in [0.2, 0.25) is 10.0 Å². The molecular weight excluding hydrogens is 940 g/mol. The van der Waals surface area contributed by atoms with Crippen molar-refractivity contribution in [2.45, 2.75) is 70.0 Å². The molecule has 2 aliphatic rings. The van der Waals surface area contributed by atoms with Gasteiger partial charge in [0.25, 0.3) is 0 Å². The number of nitrogens with two attached hydrogens (primary N) is 1. The van der Waals surface area contributed by atoms with Crippen LogP contribution in [0.15, 0.2) is 98.1 Å². The highest BCUT2D eigenvalue weighted by molar-refractivity contribution is 7.19. The van der Waals surface area contributed by atoms with Gasteiger partial charge in [0.15, 0.2) is 23.1 Å². The summed E-state index contributed by atoms with van der Waals surface area (Å²) in [5.74, 6) is -0.715. The van der Waals surface area contributed by atoms with Crippen molar-refractivity contribution in [2.75, 3.05) is 0 Å². The van der Waals surface area contributed by atoms with Crippen LogP contribution in [0.3, 0.4) is 0 Å². The fraction of sp³-hybridized carbons (Fsp3) is 0.234. The van der Waals surface area contributed by atoms with Gasteiger partial charge in [-0.3, -0.25) is 4.79 Å². The second kappa shape index (κ2) is 18.7. The molecule has 8 aromatic heterocycles. The zero-order valence-corrected chi connectivity index (χ0v) is 38.5. The molecule has 3 N–H and O–H groups in total. The lowest BCUT2D eigenvalue weighted by Crippen LogP contribution is -2.03. The number of benzene rings is 2. The molecule has 20 heteroatoms. The Morgan fingerprint density at radius 2 is 1.19 bits per heavy atom. The van der Waals surface area contributed by atoms with Crippen molar-refractivity contribution in [1.29, 1.82) is 0 Å². The minimum Gasteiger partial charge on any atom is -0.476 e. The largest absolute Gasteiger partial charge is 0.476 e. The molecule has 0 spiro atoms. The Hall–Kier alpha value is -6.44. The van der Waals surface area contributed by atoms with E-state index in [-0.39, 0.29) is 34.5 Å². The lowest BCUT2D eigenvalue weighted by molar-refractivity contribution is 0.0690. The van der Waals surface area contributed by atoms with E-state index < -0.39 is 17.6 Å². The molecule has 67 heavy (non-hydrogen) atoms. The summed E-state index contributed by atoms with van der Waals surface area (Å²) in [6.07, 6.45) is 15.1. The highest BCUT2D eigenvalue weighted by Gasteiger charge is 2.25. The molecule has 0 aliphatic heterocycles. The molecule has 340 valence electrons. The summed E-state index contributed by atoms with van der Waals surface area (Å²) >= 11 is 15.0. The predicted octanol–water partition coefficient (Wildman–Crippen LogP) is 10.4. The third kappa shape index (κ3) is 9.71. The molecule has 12 rings (SSSR count). The van der Waals surface area contributed by atoms with Crippen LogP contribution in [0.1, 0.15) is 97.2 Å². The number of halogens is 4. The van der Waals surface area contributed by atoms with Gasteiger partial charge < -0.3 is 19.6 Å². The maximum absolute atomic E-state index is 14.4. The molecule has 0 saturated heterocycles. The van der Waals surface area contributed by atoms with Gasteiger partial charge in [-0.05, 0) is 102 Å². The number of aryl methyl sites for hydroxylation is 1. The van der Waals surface area contributed by atoms with Crippen molar-refractivity contribution >= 4 is 88.8 Å². The van der Waals surface area contributed by atoms with Crippen molar-refractivity contribution < 1.29 is 23.5 Å². The van der Waals surface area contributed by atoms with Crippen LogP contribution in [0.25, 0.3) is 31.2 Å². The van der Waals surface area contributed by atoms with Gasteiger partial charge in [-0.2, -0.15) is 0 Å². The van der Waals surface area contributed by atoms with Gasteiger partial charge in [0.05, 0.1) is 59.6 Å². The number of ketones is 1. The van der Waals surface area contributed by atoms with Crippen molar-refractivity contribution in [2.24, 2.45) is 5.73 Å². The minimum atomic E-state index is -1.05. The summed E-state index contributed by atoms with van der Waals surface area (Å²) in [4.78, 5) is 34.0. The van der Waals surface area contributed by atoms with E-state index in [9.17, 15) is 18.4 Å². The third-order valence-corrected chi connectivity index (χ3v) is 14.4. The molecule has 8 heterocycles. The summed E-state index contributed by atoms with van der Waals surface area (Å²) in [6, 6.07) is 20.6. The minimum absolute atomic E-state index is 0.0212. The fourth-order valence-corrected chi connectivity index (χ4v) is 10.4. The van der Waals surface area contributed by atoms with Gasteiger partial charge in [0.2, 0.25) is 0 Å². The third-order valence-electron chi connectivity index (χ3n) is 11.6. The number of hydrogen-bond acceptors (Lipinski definition) is 11. The zero-order chi connectivity index (χ0) is 46.3. The molecule has 2 fully saturated rings. The molecule has 0 unspecified atom stereocenters. The second-order valence-corrected chi connectivity index (χ2v) is 19.6. The number of hydrogen-bond donors (Lipinski definition) is 2. The molecule has 2 saturated carbocycles. The number of nitrogens with zero attached hydrogens (tertiary/aromatic N) is 10. The number of pyridine rings is 2. The number of aromatic carboxylic acids is 1. The predicted molar refractivity (Wildman–Crippen MR) is 254 cm³/mol. The topological polar surface area (TPSA) is 176 Å². The van der Waals surface area contributed by atoms with E-state index in [0.29, 0.717) is 47.6 Å². The van der Waals surface area contributed by atoms with E-state index in [1.165, 1.54) is 92.8 Å². The Morgan fingerprint density at radius 3 is 1.69 bits per heavy atom. The van der Waals surface area contributed by atoms with Crippen LogP contribution in [0.5, 0.6) is 0 Å². The second-order valence-electron chi connectivity index (χ2n) is 16.5. The van der Waals surface area contributed by atoms with E-state index in [0.717, 1.165) is 16.7 Å². The maximum atomic E-state index is 14.4. The number of carboxylic acid groups (broad SMARTS) is 1. The van der Waals surface area contributed by atoms with E-state index >= 15 is 0 Å². The number of thiophene rings is 2. The normalized spacial score (nSPS) is 13.6. The van der Waals surface area contributed by atoms with Crippen molar-refractivity contribution in [3.05, 3.63) is 163 Å². The number of carbonyl (C=O) groups excluding carboxylic acids is 1. The van der Waals surface area contributed by atoms with Gasteiger partial charge in [0.1, 0.15) is 16.7 Å². The first-order chi connectivity index (χ1) is 32.5. The number of Topliss-reactive ketones (excluding diaryl/α,β-unsaturated/α-hetero) is 1. The summed E-state index contributed by atoms with van der Waals surface area (Å²) in [5.41, 5.74) is 10.2. The first-order valence-electron chi connectivity index (χ1n) is 21.4. The first-order valence-corrected chi connectivity index (χ1v) is 23.8. The van der Waals surface area contributed by atoms with Gasteiger partial charge in [0, 0.05) is 44.5 Å². The number of fused-ring (bicyclic) bond motifs is 4. The standard InChI is InChI=1S/C24H19ClFN5OS.C15H13N3O2S.C8H7ClFN3/c25-18-7-8-30-13-27-19(24(30)23(18)26)5-6-21(32)20-12-31(29-28-20)11-17-9-16-4-3-15(14-1-2-14)10-22(16)33-17;19-15(20)13-8-18(17-16-13)7-12-5-11-4-3-10(9-1-2-9)6-14(11)21-12;9-5-1-2-13-4-12-6(3-11)8(13)7(5)10/h3-4,7-10,12-14H,1-2,5-6,11H2;3-6,8-9H,1-2,7H2,(H,19,20);1-2,4H,3,11H2. The van der Waals surface area contributed by atoms with Crippen LogP contribution in [-0.2, 0) is 26.1 Å². The van der Waals surface area contributed by atoms with Crippen LogP contribution < -0.4 is 5.73 Å². The van der Waals surface area contributed by atoms with Crippen LogP contribution >= 0.6 is 45.9 Å². The molecule has 2 aliphatic carbocycles. The molecular formula is C47H39Cl2F2N11O3S2. The molecule has 14 nitrogen and oxygen atoms in total. The van der Waals surface area contributed by atoms with Gasteiger partial charge in [-0.15, -0.1) is 32.9 Å². The maximum Gasteiger partial charge on any atom is 0.358 e. The summed E-state index contributed by atoms with van der Waals surface area (Å²) < 4.78 is 36.8. The zero-order valence-electron chi connectivity index (χ0n) is 35.4. The Kier molecular flexibility index (Phi) is 12.4. The van der Waals surface area contributed by atoms with E-state index in [1.54, 1.807) is 59.4 Å². The number of carboxylic acids is 1. The lowest BCUT2D eigenvalue weighted by atomic mass is 10.1. The fourth-order valence-electron chi connectivity index (χ4n) is 7.86. The van der Waals surface area contributed by atoms with Crippen LogP contribution in [-0.4, -0.2) is 65.6 Å². The Morgan fingerprint density at radius 1 is 0.701 bits per heavy atom. The van der Waals surface area contributed by atoms with Gasteiger partial charge in [-0.1, -0.05) is 57.9 Å². The average Bonchev–Trinajstić information content (AvgIpc) is 3.90. The highest BCUT2D eigenvalue weighted by Crippen LogP contribution is 2.43. The Balaban J connectivity index is 0.000000131. The number of carbonyl (C=O) groups is 2. The number of aromatic nitrogens is 10. The van der Waals surface area contributed by atoms with Crippen molar-refractivity contribution in [3.63, 3.8) is 0 Å². The average molecular weight is 979 g/mol. The monoisotopic (exact) mass is 977 g/mol.